The highest BCUT2D eigenvalue weighted by Crippen LogP contribution is 2.27. The molecule has 3 rings (SSSR count). The Kier molecular flexibility index (Phi) is 4.57. The van der Waals surface area contributed by atoms with E-state index in [1.165, 1.54) is 0 Å². The van der Waals surface area contributed by atoms with Crippen LogP contribution in [-0.2, 0) is 0 Å². The molecule has 0 saturated carbocycles. The Balaban J connectivity index is 1.93. The molecule has 0 bridgehead atoms. The number of fused-ring (bicyclic) bond motifs is 1. The molecule has 0 aliphatic rings. The van der Waals surface area contributed by atoms with Gasteiger partial charge >= 0.3 is 0 Å². The molecule has 2 aromatic carbocycles. The van der Waals surface area contributed by atoms with Gasteiger partial charge in [0.1, 0.15) is 11.5 Å². The lowest BCUT2D eigenvalue weighted by Gasteiger charge is -2.17. The van der Waals surface area contributed by atoms with Crippen LogP contribution in [-0.4, -0.2) is 23.1 Å². The molecule has 1 aromatic heterocycles. The summed E-state index contributed by atoms with van der Waals surface area (Å²) in [5.74, 6) is 0.597. The van der Waals surface area contributed by atoms with E-state index in [9.17, 15) is 9.90 Å². The molecule has 1 amide bonds. The van der Waals surface area contributed by atoms with Gasteiger partial charge in [-0.05, 0) is 49.6 Å². The van der Waals surface area contributed by atoms with Gasteiger partial charge in [-0.15, -0.1) is 0 Å². The average molecular weight is 336 g/mol. The molecule has 0 radical (unpaired) electrons. The minimum Gasteiger partial charge on any atom is -0.508 e. The molecule has 3 aromatic rings. The largest absolute Gasteiger partial charge is 0.508 e. The van der Waals surface area contributed by atoms with E-state index < -0.39 is 0 Å². The Morgan fingerprint density at radius 2 is 2.04 bits per heavy atom. The number of methoxy groups -OCH3 is 1. The maximum atomic E-state index is 12.6. The van der Waals surface area contributed by atoms with Gasteiger partial charge in [0.05, 0.1) is 18.8 Å². The molecule has 0 fully saturated rings. The van der Waals surface area contributed by atoms with Crippen LogP contribution < -0.4 is 10.1 Å². The van der Waals surface area contributed by atoms with Crippen LogP contribution >= 0.6 is 0 Å². The van der Waals surface area contributed by atoms with Crippen LogP contribution in [0.1, 0.15) is 34.6 Å². The number of nitrogens with one attached hydrogen (secondary N) is 1. The summed E-state index contributed by atoms with van der Waals surface area (Å²) in [7, 11) is 1.62. The first-order valence-electron chi connectivity index (χ1n) is 8.03. The SMILES string of the molecule is COc1ccc2ccnc(C(C)NC(=O)c3cccc(O)c3C)c2c1. The van der Waals surface area contributed by atoms with Crippen LogP contribution in [0, 0.1) is 6.92 Å². The first kappa shape index (κ1) is 16.8. The van der Waals surface area contributed by atoms with Crippen molar-refractivity contribution < 1.29 is 14.6 Å². The number of rotatable bonds is 4. The van der Waals surface area contributed by atoms with Crippen LogP contribution in [0.25, 0.3) is 10.8 Å². The molecule has 5 heteroatoms. The minimum atomic E-state index is -0.301. The number of pyridine rings is 1. The number of carbonyl (C=O) groups is 1. The number of carbonyl (C=O) groups excluding carboxylic acids is 1. The first-order chi connectivity index (χ1) is 12.0. The van der Waals surface area contributed by atoms with Crippen molar-refractivity contribution >= 4 is 16.7 Å². The van der Waals surface area contributed by atoms with E-state index in [-0.39, 0.29) is 17.7 Å². The molecular formula is C20H20N2O3. The summed E-state index contributed by atoms with van der Waals surface area (Å²) in [4.78, 5) is 17.0. The molecule has 2 N–H and O–H groups in total. The number of phenols is 1. The molecule has 1 unspecified atom stereocenters. The smallest absolute Gasteiger partial charge is 0.252 e. The standard InChI is InChI=1S/C20H20N2O3/c1-12-16(5-4-6-18(12)23)20(24)22-13(2)19-17-11-15(25-3)8-7-14(17)9-10-21-19/h4-11,13,23H,1-3H3,(H,22,24). The fourth-order valence-corrected chi connectivity index (χ4v) is 2.85. The second-order valence-electron chi connectivity index (χ2n) is 5.93. The van der Waals surface area contributed by atoms with Gasteiger partial charge in [0.2, 0.25) is 0 Å². The van der Waals surface area contributed by atoms with Crippen LogP contribution in [0.5, 0.6) is 11.5 Å². The monoisotopic (exact) mass is 336 g/mol. The third-order valence-corrected chi connectivity index (χ3v) is 4.31. The second-order valence-corrected chi connectivity index (χ2v) is 5.93. The van der Waals surface area contributed by atoms with Crippen molar-refractivity contribution in [2.24, 2.45) is 0 Å². The molecule has 1 atom stereocenters. The fourth-order valence-electron chi connectivity index (χ4n) is 2.85. The van der Waals surface area contributed by atoms with E-state index in [2.05, 4.69) is 10.3 Å². The Morgan fingerprint density at radius 3 is 2.80 bits per heavy atom. The van der Waals surface area contributed by atoms with E-state index in [4.69, 9.17) is 4.74 Å². The van der Waals surface area contributed by atoms with Crippen LogP contribution in [0.2, 0.25) is 0 Å². The highest BCUT2D eigenvalue weighted by atomic mass is 16.5. The minimum absolute atomic E-state index is 0.105. The Hall–Kier alpha value is -3.08. The van der Waals surface area contributed by atoms with Crippen molar-refractivity contribution in [1.82, 2.24) is 10.3 Å². The maximum Gasteiger partial charge on any atom is 0.252 e. The van der Waals surface area contributed by atoms with Gasteiger partial charge in [-0.25, -0.2) is 0 Å². The third-order valence-electron chi connectivity index (χ3n) is 4.31. The number of benzene rings is 2. The number of hydrogen-bond acceptors (Lipinski definition) is 4. The molecule has 0 spiro atoms. The number of nitrogens with zero attached hydrogens (tertiary/aromatic N) is 1. The summed E-state index contributed by atoms with van der Waals surface area (Å²) >= 11 is 0. The van der Waals surface area contributed by atoms with E-state index in [0.717, 1.165) is 22.2 Å². The topological polar surface area (TPSA) is 71.5 Å². The predicted molar refractivity (Wildman–Crippen MR) is 97.0 cm³/mol. The van der Waals surface area contributed by atoms with E-state index in [0.29, 0.717) is 11.1 Å². The number of ether oxygens (including phenoxy) is 1. The zero-order chi connectivity index (χ0) is 18.0. The Morgan fingerprint density at radius 1 is 1.24 bits per heavy atom. The van der Waals surface area contributed by atoms with E-state index in [1.54, 1.807) is 38.4 Å². The maximum absolute atomic E-state index is 12.6. The van der Waals surface area contributed by atoms with Gasteiger partial charge in [-0.2, -0.15) is 0 Å². The molecule has 0 saturated heterocycles. The van der Waals surface area contributed by atoms with Gasteiger partial charge in [0.25, 0.3) is 5.91 Å². The van der Waals surface area contributed by atoms with E-state index in [1.807, 2.05) is 31.2 Å². The molecular weight excluding hydrogens is 316 g/mol. The lowest BCUT2D eigenvalue weighted by atomic mass is 10.0. The predicted octanol–water partition coefficient (Wildman–Crippen LogP) is 3.75. The lowest BCUT2D eigenvalue weighted by molar-refractivity contribution is 0.0938. The summed E-state index contributed by atoms with van der Waals surface area (Å²) in [5, 5.41) is 14.7. The number of aromatic hydroxyl groups is 1. The van der Waals surface area contributed by atoms with Gasteiger partial charge in [0.15, 0.2) is 0 Å². The molecule has 25 heavy (non-hydrogen) atoms. The number of amides is 1. The fraction of sp³-hybridized carbons (Fsp3) is 0.200. The molecule has 5 nitrogen and oxygen atoms in total. The summed E-state index contributed by atoms with van der Waals surface area (Å²) < 4.78 is 5.29. The number of hydrogen-bond donors (Lipinski definition) is 2. The van der Waals surface area contributed by atoms with Crippen molar-refractivity contribution in [1.29, 1.82) is 0 Å². The van der Waals surface area contributed by atoms with Crippen molar-refractivity contribution in [3.05, 3.63) is 65.5 Å². The number of aromatic nitrogens is 1. The normalized spacial score (nSPS) is 12.0. The van der Waals surface area contributed by atoms with Gasteiger partial charge in [-0.1, -0.05) is 12.1 Å². The van der Waals surface area contributed by atoms with Crippen molar-refractivity contribution in [3.63, 3.8) is 0 Å². The highest BCUT2D eigenvalue weighted by molar-refractivity contribution is 5.97. The summed E-state index contributed by atoms with van der Waals surface area (Å²) in [6.07, 6.45) is 1.73. The summed E-state index contributed by atoms with van der Waals surface area (Å²) in [6.45, 7) is 3.60. The van der Waals surface area contributed by atoms with Crippen LogP contribution in [0.3, 0.4) is 0 Å². The van der Waals surface area contributed by atoms with E-state index >= 15 is 0 Å². The Bertz CT molecular complexity index is 937. The zero-order valence-corrected chi connectivity index (χ0v) is 14.4. The van der Waals surface area contributed by atoms with Gasteiger partial charge in [0, 0.05) is 22.7 Å². The molecule has 0 aliphatic heterocycles. The van der Waals surface area contributed by atoms with Crippen molar-refractivity contribution in [2.75, 3.05) is 7.11 Å². The zero-order valence-electron chi connectivity index (χ0n) is 14.4. The van der Waals surface area contributed by atoms with Gasteiger partial charge < -0.3 is 15.2 Å². The molecule has 128 valence electrons. The quantitative estimate of drug-likeness (QED) is 0.761. The molecule has 1 heterocycles. The number of phenolic OH excluding ortho intramolecular Hbond substituents is 1. The second kappa shape index (κ2) is 6.81. The molecule has 0 aliphatic carbocycles. The van der Waals surface area contributed by atoms with Crippen molar-refractivity contribution in [2.45, 2.75) is 19.9 Å². The van der Waals surface area contributed by atoms with Crippen LogP contribution in [0.4, 0.5) is 0 Å². The summed E-state index contributed by atoms with van der Waals surface area (Å²) in [6, 6.07) is 12.3. The Labute approximate surface area is 146 Å². The first-order valence-corrected chi connectivity index (χ1v) is 8.03. The highest BCUT2D eigenvalue weighted by Gasteiger charge is 2.17. The van der Waals surface area contributed by atoms with Crippen molar-refractivity contribution in [3.8, 4) is 11.5 Å². The summed E-state index contributed by atoms with van der Waals surface area (Å²) in [5.41, 5.74) is 1.77. The van der Waals surface area contributed by atoms with Crippen LogP contribution in [0.15, 0.2) is 48.7 Å². The van der Waals surface area contributed by atoms with Gasteiger partial charge in [-0.3, -0.25) is 9.78 Å². The third kappa shape index (κ3) is 3.26. The lowest BCUT2D eigenvalue weighted by Crippen LogP contribution is -2.28. The average Bonchev–Trinajstić information content (AvgIpc) is 2.62.